The Morgan fingerprint density at radius 3 is 1.45 bits per heavy atom. The molecule has 0 aromatic heterocycles. The smallest absolute Gasteiger partial charge is 0.119 e. The summed E-state index contributed by atoms with van der Waals surface area (Å²) >= 11 is 7.13. The van der Waals surface area contributed by atoms with E-state index in [0.717, 1.165) is 16.7 Å². The summed E-state index contributed by atoms with van der Waals surface area (Å²) < 4.78 is 0. The van der Waals surface area contributed by atoms with Crippen LogP contribution in [0.1, 0.15) is 22.3 Å². The predicted octanol–water partition coefficient (Wildman–Crippen LogP) is 5.09. The lowest BCUT2D eigenvalue weighted by molar-refractivity contribution is 0.879. The first-order valence-electron chi connectivity index (χ1n) is 7.06. The molecule has 0 atom stereocenters. The fourth-order valence-corrected chi connectivity index (χ4v) is 2.99. The summed E-state index contributed by atoms with van der Waals surface area (Å²) in [4.78, 5) is -0.767. The quantitative estimate of drug-likeness (QED) is 0.488. The molecule has 22 heavy (non-hydrogen) atoms. The summed E-state index contributed by atoms with van der Waals surface area (Å²) in [7, 11) is 0. The van der Waals surface area contributed by atoms with Gasteiger partial charge in [0.25, 0.3) is 0 Å². The maximum atomic E-state index is 8.98. The van der Waals surface area contributed by atoms with Gasteiger partial charge in [-0.1, -0.05) is 72.8 Å². The summed E-state index contributed by atoms with van der Waals surface area (Å²) in [5.41, 5.74) is 3.59. The minimum absolute atomic E-state index is 0.629. The van der Waals surface area contributed by atoms with Crippen LogP contribution in [0.3, 0.4) is 0 Å². The maximum Gasteiger partial charge on any atom is 0.119 e. The van der Waals surface area contributed by atoms with Gasteiger partial charge in [0, 0.05) is 0 Å². The van der Waals surface area contributed by atoms with Gasteiger partial charge in [0.2, 0.25) is 0 Å². The Kier molecular flexibility index (Phi) is 3.96. The van der Waals surface area contributed by atoms with E-state index in [-0.39, 0.29) is 0 Å². The van der Waals surface area contributed by atoms with Crippen LogP contribution in [-0.2, 0) is 4.87 Å². The van der Waals surface area contributed by atoms with Gasteiger partial charge in [-0.05, 0) is 28.8 Å². The normalized spacial score (nSPS) is 10.9. The van der Waals surface area contributed by atoms with Crippen LogP contribution >= 0.6 is 11.6 Å². The van der Waals surface area contributed by atoms with Gasteiger partial charge in [-0.15, -0.1) is 11.6 Å². The Hall–Kier alpha value is -2.56. The summed E-state index contributed by atoms with van der Waals surface area (Å²) in [6.45, 7) is 0. The van der Waals surface area contributed by atoms with Crippen molar-refractivity contribution in [3.63, 3.8) is 0 Å². The summed E-state index contributed by atoms with van der Waals surface area (Å²) in [6, 6.07) is 29.6. The molecular weight excluding hydrogens is 290 g/mol. The fraction of sp³-hybridized carbons (Fsp3) is 0.0500. The number of nitriles is 1. The lowest BCUT2D eigenvalue weighted by atomic mass is 9.84. The Labute approximate surface area is 135 Å². The zero-order valence-corrected chi connectivity index (χ0v) is 12.7. The molecule has 0 aliphatic carbocycles. The number of hydrogen-bond acceptors (Lipinski definition) is 1. The molecule has 0 amide bonds. The largest absolute Gasteiger partial charge is 0.192 e. The number of alkyl halides is 1. The molecule has 0 spiro atoms. The van der Waals surface area contributed by atoms with Crippen molar-refractivity contribution in [3.8, 4) is 6.07 Å². The number of hydrogen-bond donors (Lipinski definition) is 0. The van der Waals surface area contributed by atoms with Crippen LogP contribution in [0.5, 0.6) is 0 Å². The molecule has 2 heteroatoms. The minimum atomic E-state index is -0.767. The number of rotatable bonds is 3. The van der Waals surface area contributed by atoms with Crippen molar-refractivity contribution in [2.24, 2.45) is 0 Å². The first kappa shape index (κ1) is 14.4. The van der Waals surface area contributed by atoms with Crippen LogP contribution in [0, 0.1) is 11.3 Å². The molecule has 0 bridgehead atoms. The molecule has 3 rings (SSSR count). The summed E-state index contributed by atoms with van der Waals surface area (Å²) in [5, 5.41) is 8.98. The van der Waals surface area contributed by atoms with E-state index in [9.17, 15) is 0 Å². The van der Waals surface area contributed by atoms with Gasteiger partial charge in [0.1, 0.15) is 4.87 Å². The van der Waals surface area contributed by atoms with E-state index < -0.39 is 4.87 Å². The van der Waals surface area contributed by atoms with Crippen LogP contribution in [0.25, 0.3) is 0 Å². The Morgan fingerprint density at radius 1 is 0.636 bits per heavy atom. The highest BCUT2D eigenvalue weighted by Crippen LogP contribution is 2.42. The van der Waals surface area contributed by atoms with Crippen LogP contribution in [0.15, 0.2) is 84.9 Å². The first-order valence-corrected chi connectivity index (χ1v) is 7.43. The topological polar surface area (TPSA) is 23.8 Å². The van der Waals surface area contributed by atoms with Gasteiger partial charge in [-0.3, -0.25) is 0 Å². The van der Waals surface area contributed by atoms with Crippen molar-refractivity contribution in [3.05, 3.63) is 107 Å². The van der Waals surface area contributed by atoms with Gasteiger partial charge in [0.05, 0.1) is 11.6 Å². The third kappa shape index (κ3) is 2.50. The van der Waals surface area contributed by atoms with E-state index in [0.29, 0.717) is 5.56 Å². The van der Waals surface area contributed by atoms with Crippen molar-refractivity contribution >= 4 is 11.6 Å². The van der Waals surface area contributed by atoms with E-state index in [4.69, 9.17) is 16.9 Å². The van der Waals surface area contributed by atoms with Crippen LogP contribution in [0.4, 0.5) is 0 Å². The molecule has 0 aliphatic rings. The summed E-state index contributed by atoms with van der Waals surface area (Å²) in [6.07, 6.45) is 0. The molecule has 0 heterocycles. The standard InChI is InChI=1S/C20H14ClN/c21-20(17-7-3-1-4-8-17,18-9-5-2-6-10-18)19-13-11-16(15-22)12-14-19/h1-14H. The van der Waals surface area contributed by atoms with Crippen LogP contribution in [0.2, 0.25) is 0 Å². The molecule has 0 saturated heterocycles. The maximum absolute atomic E-state index is 8.98. The highest BCUT2D eigenvalue weighted by Gasteiger charge is 2.33. The second-order valence-corrected chi connectivity index (χ2v) is 5.65. The van der Waals surface area contributed by atoms with Crippen molar-refractivity contribution in [2.75, 3.05) is 0 Å². The molecule has 3 aromatic carbocycles. The number of halogens is 1. The monoisotopic (exact) mass is 303 g/mol. The molecule has 0 N–H and O–H groups in total. The minimum Gasteiger partial charge on any atom is -0.192 e. The molecule has 3 aromatic rings. The first-order chi connectivity index (χ1) is 10.7. The van der Waals surface area contributed by atoms with Gasteiger partial charge >= 0.3 is 0 Å². The molecule has 0 saturated carbocycles. The van der Waals surface area contributed by atoms with Crippen molar-refractivity contribution in [1.82, 2.24) is 0 Å². The van der Waals surface area contributed by atoms with E-state index in [1.807, 2.05) is 72.8 Å². The van der Waals surface area contributed by atoms with Gasteiger partial charge in [-0.2, -0.15) is 5.26 Å². The van der Waals surface area contributed by atoms with Crippen molar-refractivity contribution < 1.29 is 0 Å². The van der Waals surface area contributed by atoms with Crippen molar-refractivity contribution in [2.45, 2.75) is 4.87 Å². The van der Waals surface area contributed by atoms with Crippen LogP contribution < -0.4 is 0 Å². The molecule has 0 fully saturated rings. The lowest BCUT2D eigenvalue weighted by Crippen LogP contribution is -2.22. The predicted molar refractivity (Wildman–Crippen MR) is 89.8 cm³/mol. The molecule has 0 unspecified atom stereocenters. The van der Waals surface area contributed by atoms with E-state index >= 15 is 0 Å². The molecule has 106 valence electrons. The Bertz CT molecular complexity index is 747. The number of nitrogens with zero attached hydrogens (tertiary/aromatic N) is 1. The molecule has 1 nitrogen and oxygen atoms in total. The van der Waals surface area contributed by atoms with Gasteiger partial charge < -0.3 is 0 Å². The molecule has 0 radical (unpaired) electrons. The molecular formula is C20H14ClN. The highest BCUT2D eigenvalue weighted by atomic mass is 35.5. The lowest BCUT2D eigenvalue weighted by Gasteiger charge is -2.29. The van der Waals surface area contributed by atoms with Crippen molar-refractivity contribution in [1.29, 1.82) is 5.26 Å². The van der Waals surface area contributed by atoms with E-state index in [1.165, 1.54) is 0 Å². The molecule has 0 aliphatic heterocycles. The second-order valence-electron chi connectivity index (χ2n) is 5.08. The van der Waals surface area contributed by atoms with E-state index in [2.05, 4.69) is 6.07 Å². The second kappa shape index (κ2) is 6.05. The average molecular weight is 304 g/mol. The number of benzene rings is 3. The zero-order valence-electron chi connectivity index (χ0n) is 11.9. The average Bonchev–Trinajstić information content (AvgIpc) is 2.62. The van der Waals surface area contributed by atoms with Crippen LogP contribution in [-0.4, -0.2) is 0 Å². The summed E-state index contributed by atoms with van der Waals surface area (Å²) in [5.74, 6) is 0. The Morgan fingerprint density at radius 2 is 1.05 bits per heavy atom. The third-order valence-corrected chi connectivity index (χ3v) is 4.41. The highest BCUT2D eigenvalue weighted by molar-refractivity contribution is 6.28. The van der Waals surface area contributed by atoms with Gasteiger partial charge in [-0.25, -0.2) is 0 Å². The Balaban J connectivity index is 2.21. The third-order valence-electron chi connectivity index (χ3n) is 3.75. The van der Waals surface area contributed by atoms with E-state index in [1.54, 1.807) is 12.1 Å². The zero-order chi connectivity index (χ0) is 15.4. The fourth-order valence-electron chi connectivity index (χ4n) is 2.61. The SMILES string of the molecule is N#Cc1ccc(C(Cl)(c2ccccc2)c2ccccc2)cc1. The van der Waals surface area contributed by atoms with Gasteiger partial charge in [0.15, 0.2) is 0 Å².